The lowest BCUT2D eigenvalue weighted by atomic mass is 9.48. The van der Waals surface area contributed by atoms with E-state index >= 15 is 0 Å². The molecule has 4 aliphatic rings. The first-order chi connectivity index (χ1) is 13.6. The van der Waals surface area contributed by atoms with E-state index in [0.717, 1.165) is 23.4 Å². The van der Waals surface area contributed by atoms with Crippen molar-refractivity contribution in [1.82, 2.24) is 20.8 Å². The monoisotopic (exact) mass is 376 g/mol. The Bertz CT molecular complexity index is 876. The SMILES string of the molecule is O=C(NNC(=O)c1ccnc(C23CC4CC(CC(C4)C2)C3)c1)c1ccncc1. The Balaban J connectivity index is 1.31. The van der Waals surface area contributed by atoms with Crippen LogP contribution in [0.25, 0.3) is 0 Å². The Morgan fingerprint density at radius 1 is 0.821 bits per heavy atom. The molecule has 2 heterocycles. The number of hydrogen-bond acceptors (Lipinski definition) is 4. The molecule has 2 aromatic heterocycles. The van der Waals surface area contributed by atoms with E-state index in [1.807, 2.05) is 6.07 Å². The molecule has 0 unspecified atom stereocenters. The summed E-state index contributed by atoms with van der Waals surface area (Å²) in [6, 6.07) is 6.83. The Morgan fingerprint density at radius 3 is 1.96 bits per heavy atom. The molecular weight excluding hydrogens is 352 g/mol. The highest BCUT2D eigenvalue weighted by Gasteiger charge is 2.52. The number of rotatable bonds is 3. The van der Waals surface area contributed by atoms with Gasteiger partial charge in [0.1, 0.15) is 0 Å². The van der Waals surface area contributed by atoms with Gasteiger partial charge in [-0.25, -0.2) is 0 Å². The van der Waals surface area contributed by atoms with Crippen LogP contribution < -0.4 is 10.9 Å². The fraction of sp³-hybridized carbons (Fsp3) is 0.455. The van der Waals surface area contributed by atoms with Gasteiger partial charge in [0.2, 0.25) is 0 Å². The van der Waals surface area contributed by atoms with E-state index < -0.39 is 0 Å². The molecule has 6 nitrogen and oxygen atoms in total. The van der Waals surface area contributed by atoms with Crippen LogP contribution in [0.5, 0.6) is 0 Å². The minimum atomic E-state index is -0.369. The summed E-state index contributed by atoms with van der Waals surface area (Å²) in [5, 5.41) is 0. The third-order valence-electron chi connectivity index (χ3n) is 6.84. The van der Waals surface area contributed by atoms with Gasteiger partial charge in [0.25, 0.3) is 11.8 Å². The molecule has 2 aromatic rings. The summed E-state index contributed by atoms with van der Waals surface area (Å²) in [6.45, 7) is 0. The number of nitrogens with one attached hydrogen (secondary N) is 2. The van der Waals surface area contributed by atoms with Crippen LogP contribution in [0.1, 0.15) is 64.9 Å². The molecule has 0 radical (unpaired) electrons. The van der Waals surface area contributed by atoms with Gasteiger partial charge in [-0.15, -0.1) is 0 Å². The first-order valence-electron chi connectivity index (χ1n) is 10.1. The number of hydrogen-bond donors (Lipinski definition) is 2. The molecule has 0 saturated heterocycles. The smallest absolute Gasteiger partial charge is 0.267 e. The molecule has 0 spiro atoms. The van der Waals surface area contributed by atoms with Crippen molar-refractivity contribution >= 4 is 11.8 Å². The zero-order valence-corrected chi connectivity index (χ0v) is 15.7. The number of carbonyl (C=O) groups is 2. The van der Waals surface area contributed by atoms with Crippen LogP contribution in [0.3, 0.4) is 0 Å². The van der Waals surface area contributed by atoms with Crippen LogP contribution >= 0.6 is 0 Å². The zero-order valence-electron chi connectivity index (χ0n) is 15.7. The van der Waals surface area contributed by atoms with Crippen molar-refractivity contribution in [3.63, 3.8) is 0 Å². The number of carbonyl (C=O) groups excluding carboxylic acids is 2. The van der Waals surface area contributed by atoms with E-state index in [9.17, 15) is 9.59 Å². The molecule has 4 bridgehead atoms. The second kappa shape index (κ2) is 6.69. The minimum Gasteiger partial charge on any atom is -0.267 e. The fourth-order valence-electron chi connectivity index (χ4n) is 6.05. The van der Waals surface area contributed by atoms with E-state index in [-0.39, 0.29) is 17.2 Å². The van der Waals surface area contributed by atoms with Crippen LogP contribution in [0.15, 0.2) is 42.9 Å². The van der Waals surface area contributed by atoms with Gasteiger partial charge in [-0.3, -0.25) is 30.4 Å². The summed E-state index contributed by atoms with van der Waals surface area (Å²) in [7, 11) is 0. The summed E-state index contributed by atoms with van der Waals surface area (Å²) >= 11 is 0. The third kappa shape index (κ3) is 3.07. The molecule has 6 heteroatoms. The van der Waals surface area contributed by atoms with Gasteiger partial charge in [-0.1, -0.05) is 0 Å². The van der Waals surface area contributed by atoms with Gasteiger partial charge in [0, 0.05) is 40.8 Å². The van der Waals surface area contributed by atoms with Crippen molar-refractivity contribution in [3.05, 3.63) is 59.7 Å². The average molecular weight is 376 g/mol. The van der Waals surface area contributed by atoms with Crippen LogP contribution in [-0.4, -0.2) is 21.8 Å². The number of nitrogens with zero attached hydrogens (tertiary/aromatic N) is 2. The maximum absolute atomic E-state index is 12.6. The Kier molecular flexibility index (Phi) is 4.14. The van der Waals surface area contributed by atoms with Crippen molar-refractivity contribution < 1.29 is 9.59 Å². The molecule has 0 aliphatic heterocycles. The summed E-state index contributed by atoms with van der Waals surface area (Å²) < 4.78 is 0. The third-order valence-corrected chi connectivity index (χ3v) is 6.84. The normalized spacial score (nSPS) is 30.1. The van der Waals surface area contributed by atoms with Crippen molar-refractivity contribution in [2.24, 2.45) is 17.8 Å². The Morgan fingerprint density at radius 2 is 1.36 bits per heavy atom. The molecule has 2 amide bonds. The van der Waals surface area contributed by atoms with Crippen molar-refractivity contribution in [3.8, 4) is 0 Å². The van der Waals surface area contributed by atoms with Crippen LogP contribution in [-0.2, 0) is 5.41 Å². The van der Waals surface area contributed by atoms with Crippen molar-refractivity contribution in [1.29, 1.82) is 0 Å². The van der Waals surface area contributed by atoms with E-state index in [4.69, 9.17) is 0 Å². The highest BCUT2D eigenvalue weighted by molar-refractivity contribution is 5.99. The lowest BCUT2D eigenvalue weighted by molar-refractivity contribution is -0.00722. The lowest BCUT2D eigenvalue weighted by Crippen LogP contribution is -2.49. The van der Waals surface area contributed by atoms with Gasteiger partial charge < -0.3 is 0 Å². The van der Waals surface area contributed by atoms with Crippen LogP contribution in [0.4, 0.5) is 0 Å². The molecule has 144 valence electrons. The van der Waals surface area contributed by atoms with E-state index in [2.05, 4.69) is 20.8 Å². The molecule has 6 rings (SSSR count). The molecule has 4 saturated carbocycles. The highest BCUT2D eigenvalue weighted by Crippen LogP contribution is 2.60. The van der Waals surface area contributed by atoms with E-state index in [1.54, 1.807) is 24.4 Å². The number of pyridine rings is 2. The molecule has 0 aromatic carbocycles. The highest BCUT2D eigenvalue weighted by atomic mass is 16.2. The summed E-state index contributed by atoms with van der Waals surface area (Å²) in [6.07, 6.45) is 12.5. The quantitative estimate of drug-likeness (QED) is 0.807. The van der Waals surface area contributed by atoms with Crippen LogP contribution in [0, 0.1) is 17.8 Å². The van der Waals surface area contributed by atoms with Gasteiger partial charge in [-0.2, -0.15) is 0 Å². The topological polar surface area (TPSA) is 84.0 Å². The van der Waals surface area contributed by atoms with Gasteiger partial charge in [-0.05, 0) is 80.5 Å². The van der Waals surface area contributed by atoms with E-state index in [1.165, 1.54) is 50.9 Å². The number of amides is 2. The zero-order chi connectivity index (χ0) is 19.1. The summed E-state index contributed by atoms with van der Waals surface area (Å²) in [5.41, 5.74) is 7.16. The standard InChI is InChI=1S/C22H24N4O2/c27-20(17-1-4-23-5-2-17)25-26-21(28)18-3-6-24-19(10-18)22-11-14-7-15(12-22)9-16(8-14)13-22/h1-6,10,14-16H,7-9,11-13H2,(H,25,27)(H,26,28). The second-order valence-electron chi connectivity index (χ2n) is 8.77. The van der Waals surface area contributed by atoms with Gasteiger partial charge in [0.15, 0.2) is 0 Å². The van der Waals surface area contributed by atoms with Gasteiger partial charge in [0.05, 0.1) is 0 Å². The maximum atomic E-state index is 12.6. The minimum absolute atomic E-state index is 0.144. The number of hydrazine groups is 1. The first kappa shape index (κ1) is 17.3. The molecule has 4 fully saturated rings. The van der Waals surface area contributed by atoms with Crippen molar-refractivity contribution in [2.45, 2.75) is 43.9 Å². The molecular formula is C22H24N4O2. The fourth-order valence-corrected chi connectivity index (χ4v) is 6.05. The predicted octanol–water partition coefficient (Wildman–Crippen LogP) is 3.02. The lowest BCUT2D eigenvalue weighted by Gasteiger charge is -2.56. The molecule has 2 N–H and O–H groups in total. The summed E-state index contributed by atoms with van der Waals surface area (Å²) in [5.74, 6) is 1.78. The maximum Gasteiger partial charge on any atom is 0.269 e. The Labute approximate surface area is 164 Å². The summed E-state index contributed by atoms with van der Waals surface area (Å²) in [4.78, 5) is 33.3. The predicted molar refractivity (Wildman–Crippen MR) is 103 cm³/mol. The second-order valence-corrected chi connectivity index (χ2v) is 8.77. The number of aromatic nitrogens is 2. The van der Waals surface area contributed by atoms with Crippen LogP contribution in [0.2, 0.25) is 0 Å². The van der Waals surface area contributed by atoms with Crippen molar-refractivity contribution in [2.75, 3.05) is 0 Å². The average Bonchev–Trinajstić information content (AvgIpc) is 2.71. The Hall–Kier alpha value is -2.76. The van der Waals surface area contributed by atoms with Gasteiger partial charge >= 0.3 is 0 Å². The molecule has 28 heavy (non-hydrogen) atoms. The first-order valence-corrected chi connectivity index (χ1v) is 10.1. The van der Waals surface area contributed by atoms with E-state index in [0.29, 0.717) is 11.1 Å². The molecule has 0 atom stereocenters. The largest absolute Gasteiger partial charge is 0.269 e. The molecule has 4 aliphatic carbocycles.